The molecule has 1 saturated carbocycles. The molecule has 0 amide bonds. The molecule has 1 aliphatic rings. The molecule has 1 N–H and O–H groups in total. The van der Waals surface area contributed by atoms with Crippen LogP contribution in [0.4, 0.5) is 0 Å². The summed E-state index contributed by atoms with van der Waals surface area (Å²) in [6, 6.07) is 5.95. The van der Waals surface area contributed by atoms with E-state index in [1.165, 1.54) is 6.42 Å². The van der Waals surface area contributed by atoms with Crippen molar-refractivity contribution in [2.24, 2.45) is 11.1 Å². The molecule has 1 heterocycles. The lowest BCUT2D eigenvalue weighted by molar-refractivity contribution is 0.308. The first-order chi connectivity index (χ1) is 7.40. The van der Waals surface area contributed by atoms with E-state index in [2.05, 4.69) is 10.1 Å². The number of pyridine rings is 1. The molecule has 1 aromatic heterocycles. The Morgan fingerprint density at radius 2 is 2.33 bits per heavy atom. The zero-order chi connectivity index (χ0) is 10.5. The highest BCUT2D eigenvalue weighted by Gasteiger charge is 2.21. The van der Waals surface area contributed by atoms with E-state index in [-0.39, 0.29) is 0 Å². The van der Waals surface area contributed by atoms with E-state index < -0.39 is 0 Å². The van der Waals surface area contributed by atoms with Gasteiger partial charge in [-0.1, -0.05) is 17.6 Å². The predicted octanol–water partition coefficient (Wildman–Crippen LogP) is 2.64. The van der Waals surface area contributed by atoms with Crippen LogP contribution in [0.3, 0.4) is 0 Å². The largest absolute Gasteiger partial charge is 0.411 e. The van der Waals surface area contributed by atoms with E-state index in [4.69, 9.17) is 5.21 Å². The normalized spacial score (nSPS) is 24.3. The molecule has 1 fully saturated rings. The van der Waals surface area contributed by atoms with Crippen LogP contribution in [0.15, 0.2) is 29.6 Å². The van der Waals surface area contributed by atoms with Crippen molar-refractivity contribution in [3.63, 3.8) is 0 Å². The Labute approximate surface area is 89.8 Å². The van der Waals surface area contributed by atoms with E-state index >= 15 is 0 Å². The molecule has 0 saturated heterocycles. The second kappa shape index (κ2) is 4.91. The van der Waals surface area contributed by atoms with Gasteiger partial charge < -0.3 is 5.21 Å². The number of hydrogen-bond acceptors (Lipinski definition) is 3. The number of oxime groups is 1. The van der Waals surface area contributed by atoms with Crippen molar-refractivity contribution in [2.75, 3.05) is 0 Å². The van der Waals surface area contributed by atoms with Crippen LogP contribution in [0.2, 0.25) is 0 Å². The number of aromatic nitrogens is 1. The highest BCUT2D eigenvalue weighted by molar-refractivity contribution is 5.87. The van der Waals surface area contributed by atoms with Gasteiger partial charge in [0, 0.05) is 17.8 Å². The Morgan fingerprint density at radius 1 is 1.40 bits per heavy atom. The van der Waals surface area contributed by atoms with Gasteiger partial charge in [-0.2, -0.15) is 0 Å². The summed E-state index contributed by atoms with van der Waals surface area (Å²) in [5, 5.41) is 12.3. The van der Waals surface area contributed by atoms with Crippen LogP contribution in [-0.4, -0.2) is 15.9 Å². The molecule has 3 nitrogen and oxygen atoms in total. The van der Waals surface area contributed by atoms with E-state index in [1.807, 2.05) is 24.4 Å². The highest BCUT2D eigenvalue weighted by Crippen LogP contribution is 2.24. The molecule has 80 valence electrons. The van der Waals surface area contributed by atoms with Gasteiger partial charge >= 0.3 is 0 Å². The van der Waals surface area contributed by atoms with E-state index in [0.29, 0.717) is 5.92 Å². The smallest absolute Gasteiger partial charge is 0.0605 e. The van der Waals surface area contributed by atoms with Crippen LogP contribution in [0.1, 0.15) is 31.4 Å². The van der Waals surface area contributed by atoms with Crippen molar-refractivity contribution in [3.05, 3.63) is 30.1 Å². The molecule has 0 aliphatic heterocycles. The second-order valence-corrected chi connectivity index (χ2v) is 4.06. The predicted molar refractivity (Wildman–Crippen MR) is 59.1 cm³/mol. The summed E-state index contributed by atoms with van der Waals surface area (Å²) < 4.78 is 0. The zero-order valence-electron chi connectivity index (χ0n) is 8.76. The lowest BCUT2D eigenvalue weighted by Gasteiger charge is -2.22. The second-order valence-electron chi connectivity index (χ2n) is 4.06. The third kappa shape index (κ3) is 2.55. The summed E-state index contributed by atoms with van der Waals surface area (Å²) in [4.78, 5) is 4.30. The molecule has 1 aliphatic carbocycles. The summed E-state index contributed by atoms with van der Waals surface area (Å²) in [6.45, 7) is 0. The van der Waals surface area contributed by atoms with Gasteiger partial charge in [-0.3, -0.25) is 4.98 Å². The average Bonchev–Trinajstić information content (AvgIpc) is 2.31. The van der Waals surface area contributed by atoms with Gasteiger partial charge in [0.2, 0.25) is 0 Å². The molecule has 0 aromatic carbocycles. The fourth-order valence-electron chi connectivity index (χ4n) is 2.19. The Hall–Kier alpha value is -1.38. The van der Waals surface area contributed by atoms with Gasteiger partial charge in [0.05, 0.1) is 5.71 Å². The van der Waals surface area contributed by atoms with E-state index in [0.717, 1.165) is 37.1 Å². The van der Waals surface area contributed by atoms with Gasteiger partial charge in [-0.05, 0) is 37.8 Å². The zero-order valence-corrected chi connectivity index (χ0v) is 8.76. The average molecular weight is 204 g/mol. The van der Waals surface area contributed by atoms with Crippen LogP contribution >= 0.6 is 0 Å². The fraction of sp³-hybridized carbons (Fsp3) is 0.500. The monoisotopic (exact) mass is 204 g/mol. The molecular weight excluding hydrogens is 188 g/mol. The molecule has 0 bridgehead atoms. The van der Waals surface area contributed by atoms with Crippen LogP contribution in [0.5, 0.6) is 0 Å². The van der Waals surface area contributed by atoms with Crippen LogP contribution < -0.4 is 0 Å². The highest BCUT2D eigenvalue weighted by atomic mass is 16.4. The molecule has 2 rings (SSSR count). The fourth-order valence-corrected chi connectivity index (χ4v) is 2.19. The lowest BCUT2D eigenvalue weighted by Crippen LogP contribution is -2.21. The molecule has 15 heavy (non-hydrogen) atoms. The van der Waals surface area contributed by atoms with Crippen molar-refractivity contribution in [3.8, 4) is 0 Å². The Morgan fingerprint density at radius 3 is 3.07 bits per heavy atom. The molecule has 1 atom stereocenters. The Kier molecular flexibility index (Phi) is 3.33. The number of rotatable bonds is 2. The number of hydrogen-bond donors (Lipinski definition) is 1. The van der Waals surface area contributed by atoms with Gasteiger partial charge in [-0.25, -0.2) is 0 Å². The van der Waals surface area contributed by atoms with Crippen molar-refractivity contribution < 1.29 is 5.21 Å². The van der Waals surface area contributed by atoms with Gasteiger partial charge in [0.15, 0.2) is 0 Å². The maximum atomic E-state index is 8.91. The van der Waals surface area contributed by atoms with Crippen LogP contribution in [0.25, 0.3) is 0 Å². The summed E-state index contributed by atoms with van der Waals surface area (Å²) >= 11 is 0. The van der Waals surface area contributed by atoms with Gasteiger partial charge in [0.25, 0.3) is 0 Å². The maximum absolute atomic E-state index is 8.91. The standard InChI is InChI=1S/C12H16N2O/c15-14-12-7-2-1-5-10(12)9-11-6-3-4-8-13-11/h3-4,6,8,10,15H,1-2,5,7,9H2. The van der Waals surface area contributed by atoms with E-state index in [1.54, 1.807) is 0 Å². The van der Waals surface area contributed by atoms with Gasteiger partial charge in [-0.15, -0.1) is 0 Å². The van der Waals surface area contributed by atoms with Crippen LogP contribution in [-0.2, 0) is 6.42 Å². The van der Waals surface area contributed by atoms with Crippen LogP contribution in [0, 0.1) is 5.92 Å². The first-order valence-corrected chi connectivity index (χ1v) is 5.51. The minimum atomic E-state index is 0.388. The molecule has 1 unspecified atom stereocenters. The lowest BCUT2D eigenvalue weighted by atomic mass is 9.84. The van der Waals surface area contributed by atoms with Crippen molar-refractivity contribution in [1.82, 2.24) is 4.98 Å². The summed E-state index contributed by atoms with van der Waals surface area (Å²) in [6.07, 6.45) is 7.16. The third-order valence-electron chi connectivity index (χ3n) is 3.02. The summed E-state index contributed by atoms with van der Waals surface area (Å²) in [5.41, 5.74) is 2.04. The molecular formula is C12H16N2O. The topological polar surface area (TPSA) is 45.5 Å². The summed E-state index contributed by atoms with van der Waals surface area (Å²) in [5.74, 6) is 0.388. The SMILES string of the molecule is ON=C1CCCCC1Cc1ccccn1. The molecule has 1 aromatic rings. The first-order valence-electron chi connectivity index (χ1n) is 5.51. The Bertz CT molecular complexity index is 335. The number of nitrogens with zero attached hydrogens (tertiary/aromatic N) is 2. The molecule has 3 heteroatoms. The minimum Gasteiger partial charge on any atom is -0.411 e. The maximum Gasteiger partial charge on any atom is 0.0605 e. The first kappa shape index (κ1) is 10.1. The molecule has 0 spiro atoms. The molecule has 0 radical (unpaired) electrons. The van der Waals surface area contributed by atoms with Crippen molar-refractivity contribution >= 4 is 5.71 Å². The summed E-state index contributed by atoms with van der Waals surface area (Å²) in [7, 11) is 0. The van der Waals surface area contributed by atoms with E-state index in [9.17, 15) is 0 Å². The van der Waals surface area contributed by atoms with Gasteiger partial charge in [0.1, 0.15) is 0 Å². The van der Waals surface area contributed by atoms with Crippen molar-refractivity contribution in [1.29, 1.82) is 0 Å². The van der Waals surface area contributed by atoms with Crippen molar-refractivity contribution in [2.45, 2.75) is 32.1 Å². The quantitative estimate of drug-likeness (QED) is 0.594. The Balaban J connectivity index is 2.04. The minimum absolute atomic E-state index is 0.388. The third-order valence-corrected chi connectivity index (χ3v) is 3.02.